The Labute approximate surface area is 252 Å². The van der Waals surface area contributed by atoms with E-state index in [1.54, 1.807) is 4.90 Å². The van der Waals surface area contributed by atoms with Crippen LogP contribution in [0.4, 0.5) is 5.69 Å². The first-order chi connectivity index (χ1) is 19.3. The average molecular weight is 593 g/mol. The first-order valence-electron chi connectivity index (χ1n) is 14.9. The Bertz CT molecular complexity index is 1380. The maximum Gasteiger partial charge on any atom is 0.303 e. The predicted molar refractivity (Wildman–Crippen MR) is 172 cm³/mol. The Morgan fingerprint density at radius 1 is 1.07 bits per heavy atom. The summed E-state index contributed by atoms with van der Waals surface area (Å²) in [6, 6.07) is 12.7. The van der Waals surface area contributed by atoms with E-state index in [0.717, 1.165) is 5.52 Å². The lowest BCUT2D eigenvalue weighted by Crippen LogP contribution is -2.44. The van der Waals surface area contributed by atoms with E-state index in [1.807, 2.05) is 42.5 Å². The molecule has 220 valence electrons. The van der Waals surface area contributed by atoms with Gasteiger partial charge in [-0.2, -0.15) is 0 Å². The molecular formula is C34H45ClN2O3Si. The number of oxazole rings is 1. The molecule has 2 aromatic carbocycles. The van der Waals surface area contributed by atoms with E-state index in [4.69, 9.17) is 25.7 Å². The Morgan fingerprint density at radius 2 is 1.71 bits per heavy atom. The second kappa shape index (κ2) is 12.2. The highest BCUT2D eigenvalue weighted by atomic mass is 35.5. The lowest BCUT2D eigenvalue weighted by Gasteiger charge is -2.39. The van der Waals surface area contributed by atoms with Gasteiger partial charge in [0.25, 0.3) is 0 Å². The summed E-state index contributed by atoms with van der Waals surface area (Å²) >= 11 is 6.75. The van der Waals surface area contributed by atoms with Crippen LogP contribution in [0.5, 0.6) is 5.75 Å². The maximum absolute atomic E-state index is 14.4. The number of carbonyl (C=O) groups excluding carboxylic acids is 1. The van der Waals surface area contributed by atoms with Crippen LogP contribution in [-0.2, 0) is 4.79 Å². The number of nitrogens with zero attached hydrogens (tertiary/aromatic N) is 2. The molecule has 0 saturated heterocycles. The number of para-hydroxylation sites is 2. The molecule has 1 heterocycles. The maximum atomic E-state index is 14.4. The van der Waals surface area contributed by atoms with Crippen molar-refractivity contribution in [3.8, 4) is 17.2 Å². The van der Waals surface area contributed by atoms with Crippen molar-refractivity contribution in [1.29, 1.82) is 0 Å². The van der Waals surface area contributed by atoms with Crippen molar-refractivity contribution in [1.82, 2.24) is 4.98 Å². The summed E-state index contributed by atoms with van der Waals surface area (Å²) in [6.07, 6.45) is 2.39. The molecule has 1 saturated carbocycles. The molecule has 41 heavy (non-hydrogen) atoms. The molecule has 0 spiro atoms. The topological polar surface area (TPSA) is 55.6 Å². The van der Waals surface area contributed by atoms with Crippen LogP contribution in [0.3, 0.4) is 0 Å². The van der Waals surface area contributed by atoms with Crippen LogP contribution in [0.2, 0.25) is 21.6 Å². The Hall–Kier alpha value is -2.75. The van der Waals surface area contributed by atoms with Crippen LogP contribution in [0, 0.1) is 22.8 Å². The first kappa shape index (κ1) is 31.2. The van der Waals surface area contributed by atoms with Crippen molar-refractivity contribution >= 4 is 42.4 Å². The van der Waals surface area contributed by atoms with Crippen molar-refractivity contribution in [2.45, 2.75) is 97.8 Å². The third-order valence-electron chi connectivity index (χ3n) is 8.46. The molecule has 1 amide bonds. The summed E-state index contributed by atoms with van der Waals surface area (Å²) < 4.78 is 12.3. The smallest absolute Gasteiger partial charge is 0.303 e. The van der Waals surface area contributed by atoms with Gasteiger partial charge in [0.2, 0.25) is 5.89 Å². The van der Waals surface area contributed by atoms with Gasteiger partial charge in [-0.15, -0.1) is 5.54 Å². The van der Waals surface area contributed by atoms with E-state index in [9.17, 15) is 4.79 Å². The number of rotatable bonds is 9. The molecule has 1 aliphatic rings. The fourth-order valence-electron chi connectivity index (χ4n) is 6.16. The van der Waals surface area contributed by atoms with E-state index in [0.29, 0.717) is 57.1 Å². The minimum atomic E-state index is -2.15. The quantitative estimate of drug-likeness (QED) is 0.183. The monoisotopic (exact) mass is 592 g/mol. The van der Waals surface area contributed by atoms with Gasteiger partial charge in [-0.3, -0.25) is 9.69 Å². The molecular weight excluding hydrogens is 548 g/mol. The molecule has 0 N–H and O–H groups in total. The Kier molecular flexibility index (Phi) is 9.31. The Morgan fingerprint density at radius 3 is 2.24 bits per heavy atom. The number of anilines is 1. The van der Waals surface area contributed by atoms with Crippen molar-refractivity contribution < 1.29 is 13.9 Å². The number of aromatic nitrogens is 1. The number of fused-ring (bicyclic) bond motifs is 1. The molecule has 1 aliphatic carbocycles. The molecule has 1 atom stereocenters. The zero-order valence-corrected chi connectivity index (χ0v) is 27.8. The fraction of sp³-hybridized carbons (Fsp3) is 0.529. The predicted octanol–water partition coefficient (Wildman–Crippen LogP) is 9.61. The van der Waals surface area contributed by atoms with Gasteiger partial charge in [-0.05, 0) is 77.1 Å². The highest BCUT2D eigenvalue weighted by Gasteiger charge is 2.43. The zero-order valence-electron chi connectivity index (χ0n) is 26.0. The second-order valence-electron chi connectivity index (χ2n) is 13.5. The number of carbonyl (C=O) groups is 1. The number of hydrogen-bond acceptors (Lipinski definition) is 4. The third-order valence-corrected chi connectivity index (χ3v) is 15.0. The SMILES string of the molecule is CC(C)[Si](C#CC(=O)N(c1ccc(OCC2CC2)c(Cl)c1)C(c1nc2ccccc2o1)C(C)(C)C)(C(C)C)C(C)C. The van der Waals surface area contributed by atoms with Crippen molar-refractivity contribution in [2.75, 3.05) is 11.5 Å². The number of ether oxygens (including phenoxy) is 1. The molecule has 0 radical (unpaired) electrons. The van der Waals surface area contributed by atoms with Gasteiger partial charge in [-0.1, -0.05) is 86.0 Å². The molecule has 7 heteroatoms. The van der Waals surface area contributed by atoms with Gasteiger partial charge in [0, 0.05) is 5.69 Å². The second-order valence-corrected chi connectivity index (χ2v) is 19.5. The molecule has 5 nitrogen and oxygen atoms in total. The van der Waals surface area contributed by atoms with Gasteiger partial charge < -0.3 is 9.15 Å². The molecule has 0 aliphatic heterocycles. The van der Waals surface area contributed by atoms with Crippen molar-refractivity contribution in [2.24, 2.45) is 11.3 Å². The standard InChI is InChI=1S/C34H45ClN2O3Si/c1-22(2)41(23(3)4,24(5)6)19-18-31(38)37(26-16-17-29(27(35)20-26)39-21-25-14-15-25)32(34(7,8)9)33-36-28-12-10-11-13-30(28)40-33/h10-13,16-17,20,22-25,32H,14-15,21H2,1-9H3. The summed E-state index contributed by atoms with van der Waals surface area (Å²) in [4.78, 5) is 21.0. The van der Waals surface area contributed by atoms with E-state index in [1.165, 1.54) is 12.8 Å². The minimum absolute atomic E-state index is 0.284. The zero-order chi connectivity index (χ0) is 30.1. The number of hydrogen-bond donors (Lipinski definition) is 0. The molecule has 1 fully saturated rings. The highest BCUT2D eigenvalue weighted by molar-refractivity contribution is 6.90. The van der Waals surface area contributed by atoms with Gasteiger partial charge in [0.05, 0.1) is 11.6 Å². The summed E-state index contributed by atoms with van der Waals surface area (Å²) in [7, 11) is -2.15. The average Bonchev–Trinajstić information content (AvgIpc) is 3.61. The highest BCUT2D eigenvalue weighted by Crippen LogP contribution is 2.44. The van der Waals surface area contributed by atoms with Crippen LogP contribution in [0.1, 0.15) is 87.1 Å². The summed E-state index contributed by atoms with van der Waals surface area (Å²) in [6.45, 7) is 20.4. The van der Waals surface area contributed by atoms with E-state index < -0.39 is 19.5 Å². The van der Waals surface area contributed by atoms with Gasteiger partial charge in [-0.25, -0.2) is 4.98 Å². The van der Waals surface area contributed by atoms with Gasteiger partial charge >= 0.3 is 5.91 Å². The van der Waals surface area contributed by atoms with Crippen LogP contribution in [0.15, 0.2) is 46.9 Å². The lowest BCUT2D eigenvalue weighted by atomic mass is 9.85. The molecule has 0 bridgehead atoms. The van der Waals surface area contributed by atoms with E-state index in [-0.39, 0.29) is 5.91 Å². The van der Waals surface area contributed by atoms with E-state index >= 15 is 0 Å². The largest absolute Gasteiger partial charge is 0.492 e. The summed E-state index contributed by atoms with van der Waals surface area (Å²) in [5.74, 6) is 4.58. The summed E-state index contributed by atoms with van der Waals surface area (Å²) in [5.41, 5.74) is 6.48. The number of halogens is 1. The molecule has 1 aromatic heterocycles. The molecule has 3 aromatic rings. The van der Waals surface area contributed by atoms with Gasteiger partial charge in [0.15, 0.2) is 5.58 Å². The number of benzene rings is 2. The Balaban J connectivity index is 1.85. The first-order valence-corrected chi connectivity index (χ1v) is 17.5. The van der Waals surface area contributed by atoms with Crippen LogP contribution >= 0.6 is 11.6 Å². The van der Waals surface area contributed by atoms with Crippen LogP contribution in [-0.4, -0.2) is 25.6 Å². The minimum Gasteiger partial charge on any atom is -0.492 e. The van der Waals surface area contributed by atoms with E-state index in [2.05, 4.69) is 73.8 Å². The van der Waals surface area contributed by atoms with Crippen molar-refractivity contribution in [3.63, 3.8) is 0 Å². The molecule has 4 rings (SSSR count). The number of amides is 1. The van der Waals surface area contributed by atoms with Gasteiger partial charge in [0.1, 0.15) is 25.4 Å². The fourth-order valence-corrected chi connectivity index (χ4v) is 11.6. The third kappa shape index (κ3) is 6.68. The normalized spacial score (nSPS) is 14.9. The van der Waals surface area contributed by atoms with Crippen LogP contribution < -0.4 is 9.64 Å². The van der Waals surface area contributed by atoms with Crippen LogP contribution in [0.25, 0.3) is 11.1 Å². The summed E-state index contributed by atoms with van der Waals surface area (Å²) in [5, 5.41) is 0.467. The molecule has 1 unspecified atom stereocenters. The van der Waals surface area contributed by atoms with Crippen molar-refractivity contribution in [3.05, 3.63) is 53.4 Å². The lowest BCUT2D eigenvalue weighted by molar-refractivity contribution is -0.114.